The fraction of sp³-hybridized carbons (Fsp3) is 0.231. The van der Waals surface area contributed by atoms with Crippen molar-refractivity contribution in [3.8, 4) is 0 Å². The number of benzene rings is 1. The monoisotopic (exact) mass is 266 g/mol. The molecule has 1 aromatic heterocycles. The number of hydrogen-bond donors (Lipinski definition) is 1. The third kappa shape index (κ3) is 2.96. The van der Waals surface area contributed by atoms with E-state index < -0.39 is 23.6 Å². The minimum Gasteiger partial charge on any atom is -0.361 e. The predicted octanol–water partition coefficient (Wildman–Crippen LogP) is 2.75. The molecule has 0 radical (unpaired) electrons. The van der Waals surface area contributed by atoms with Crippen LogP contribution in [0, 0.1) is 18.6 Å². The second kappa shape index (κ2) is 5.17. The Morgan fingerprint density at radius 1 is 1.37 bits per heavy atom. The summed E-state index contributed by atoms with van der Waals surface area (Å²) in [6.07, 6.45) is 0. The molecule has 100 valence electrons. The lowest BCUT2D eigenvalue weighted by Crippen LogP contribution is -2.27. The lowest BCUT2D eigenvalue weighted by molar-refractivity contribution is 0.0930. The zero-order valence-electron chi connectivity index (χ0n) is 10.4. The quantitative estimate of drug-likeness (QED) is 0.929. The van der Waals surface area contributed by atoms with Gasteiger partial charge in [-0.15, -0.1) is 0 Å². The molecule has 2 aromatic rings. The van der Waals surface area contributed by atoms with Crippen molar-refractivity contribution in [2.45, 2.75) is 19.9 Å². The third-order valence-electron chi connectivity index (χ3n) is 2.64. The largest absolute Gasteiger partial charge is 0.361 e. The van der Waals surface area contributed by atoms with Gasteiger partial charge in [-0.3, -0.25) is 4.79 Å². The Bertz CT molecular complexity index is 610. The molecule has 0 spiro atoms. The van der Waals surface area contributed by atoms with Crippen LogP contribution in [0.1, 0.15) is 34.8 Å². The van der Waals surface area contributed by atoms with Gasteiger partial charge in [-0.1, -0.05) is 11.2 Å². The summed E-state index contributed by atoms with van der Waals surface area (Å²) < 4.78 is 31.1. The minimum atomic E-state index is -0.705. The molecule has 1 amide bonds. The molecule has 0 aliphatic heterocycles. The van der Waals surface area contributed by atoms with Crippen LogP contribution in [0.15, 0.2) is 28.8 Å². The van der Waals surface area contributed by atoms with E-state index in [1.54, 1.807) is 13.8 Å². The normalized spacial score (nSPS) is 12.2. The van der Waals surface area contributed by atoms with Crippen LogP contribution in [0.25, 0.3) is 0 Å². The van der Waals surface area contributed by atoms with Gasteiger partial charge in [0.05, 0.1) is 6.04 Å². The molecule has 1 N–H and O–H groups in total. The molecule has 0 saturated heterocycles. The number of carbonyl (C=O) groups is 1. The zero-order valence-corrected chi connectivity index (χ0v) is 10.4. The Morgan fingerprint density at radius 3 is 2.68 bits per heavy atom. The maximum absolute atomic E-state index is 13.5. The zero-order chi connectivity index (χ0) is 14.0. The fourth-order valence-electron chi connectivity index (χ4n) is 1.67. The van der Waals surface area contributed by atoms with Crippen LogP contribution in [0.3, 0.4) is 0 Å². The van der Waals surface area contributed by atoms with E-state index in [4.69, 9.17) is 4.52 Å². The minimum absolute atomic E-state index is 0.117. The molecule has 0 saturated carbocycles. The van der Waals surface area contributed by atoms with E-state index >= 15 is 0 Å². The first-order chi connectivity index (χ1) is 8.97. The number of rotatable bonds is 3. The van der Waals surface area contributed by atoms with Gasteiger partial charge in [-0.2, -0.15) is 0 Å². The van der Waals surface area contributed by atoms with Gasteiger partial charge in [-0.25, -0.2) is 8.78 Å². The molecule has 4 nitrogen and oxygen atoms in total. The van der Waals surface area contributed by atoms with Gasteiger partial charge < -0.3 is 9.84 Å². The second-order valence-electron chi connectivity index (χ2n) is 4.18. The van der Waals surface area contributed by atoms with Crippen LogP contribution < -0.4 is 5.32 Å². The van der Waals surface area contributed by atoms with Crippen LogP contribution in [0.2, 0.25) is 0 Å². The van der Waals surface area contributed by atoms with Gasteiger partial charge in [0.15, 0.2) is 5.69 Å². The SMILES string of the molecule is Cc1cc(C(=O)NC(C)c2ccc(F)cc2F)no1. The number of carbonyl (C=O) groups excluding carboxylic acids is 1. The van der Waals surface area contributed by atoms with Crippen LogP contribution >= 0.6 is 0 Å². The number of nitrogens with zero attached hydrogens (tertiary/aromatic N) is 1. The lowest BCUT2D eigenvalue weighted by atomic mass is 10.1. The summed E-state index contributed by atoms with van der Waals surface area (Å²) in [7, 11) is 0. The fourth-order valence-corrected chi connectivity index (χ4v) is 1.67. The van der Waals surface area contributed by atoms with E-state index in [2.05, 4.69) is 10.5 Å². The van der Waals surface area contributed by atoms with Crippen LogP contribution in [-0.2, 0) is 0 Å². The van der Waals surface area contributed by atoms with E-state index in [0.717, 1.165) is 12.1 Å². The van der Waals surface area contributed by atoms with E-state index in [0.29, 0.717) is 5.76 Å². The molecule has 0 aliphatic rings. The van der Waals surface area contributed by atoms with Crippen molar-refractivity contribution in [1.82, 2.24) is 10.5 Å². The molecule has 1 atom stereocenters. The Hall–Kier alpha value is -2.24. The van der Waals surface area contributed by atoms with Gasteiger partial charge in [0.1, 0.15) is 17.4 Å². The van der Waals surface area contributed by atoms with Crippen molar-refractivity contribution in [3.05, 3.63) is 52.9 Å². The van der Waals surface area contributed by atoms with Gasteiger partial charge in [0.2, 0.25) is 0 Å². The summed E-state index contributed by atoms with van der Waals surface area (Å²) in [6.45, 7) is 3.26. The molecule has 0 bridgehead atoms. The first-order valence-corrected chi connectivity index (χ1v) is 5.66. The third-order valence-corrected chi connectivity index (χ3v) is 2.64. The summed E-state index contributed by atoms with van der Waals surface area (Å²) in [5, 5.41) is 6.12. The highest BCUT2D eigenvalue weighted by atomic mass is 19.1. The van der Waals surface area contributed by atoms with Crippen molar-refractivity contribution in [1.29, 1.82) is 0 Å². The highest BCUT2D eigenvalue weighted by Gasteiger charge is 2.17. The number of amides is 1. The summed E-state index contributed by atoms with van der Waals surface area (Å²) in [6, 6.07) is 4.08. The highest BCUT2D eigenvalue weighted by molar-refractivity contribution is 5.92. The molecular formula is C13H12F2N2O2. The Morgan fingerprint density at radius 2 is 2.11 bits per heavy atom. The summed E-state index contributed by atoms with van der Waals surface area (Å²) in [5.41, 5.74) is 0.321. The summed E-state index contributed by atoms with van der Waals surface area (Å²) in [4.78, 5) is 11.8. The number of aromatic nitrogens is 1. The van der Waals surface area contributed by atoms with Gasteiger partial charge in [0.25, 0.3) is 5.91 Å². The van der Waals surface area contributed by atoms with Crippen molar-refractivity contribution < 1.29 is 18.1 Å². The smallest absolute Gasteiger partial charge is 0.273 e. The van der Waals surface area contributed by atoms with Crippen molar-refractivity contribution in [2.75, 3.05) is 0 Å². The number of aryl methyl sites for hydroxylation is 1. The van der Waals surface area contributed by atoms with Gasteiger partial charge in [-0.05, 0) is 19.9 Å². The van der Waals surface area contributed by atoms with Gasteiger partial charge in [0, 0.05) is 17.7 Å². The summed E-state index contributed by atoms with van der Waals surface area (Å²) >= 11 is 0. The Labute approximate surface area is 108 Å². The molecule has 1 aromatic carbocycles. The first-order valence-electron chi connectivity index (χ1n) is 5.66. The molecule has 2 rings (SSSR count). The maximum atomic E-state index is 13.5. The molecule has 1 unspecified atom stereocenters. The maximum Gasteiger partial charge on any atom is 0.273 e. The van der Waals surface area contributed by atoms with Crippen molar-refractivity contribution in [3.63, 3.8) is 0 Å². The van der Waals surface area contributed by atoms with E-state index in [-0.39, 0.29) is 11.3 Å². The van der Waals surface area contributed by atoms with E-state index in [9.17, 15) is 13.6 Å². The standard InChI is InChI=1S/C13H12F2N2O2/c1-7-5-12(17-19-7)13(18)16-8(2)10-4-3-9(14)6-11(10)15/h3-6,8H,1-2H3,(H,16,18). The molecular weight excluding hydrogens is 254 g/mol. The molecule has 6 heteroatoms. The van der Waals surface area contributed by atoms with Gasteiger partial charge >= 0.3 is 0 Å². The Balaban J connectivity index is 2.12. The van der Waals surface area contributed by atoms with Crippen LogP contribution in [0.4, 0.5) is 8.78 Å². The molecule has 0 fully saturated rings. The average Bonchev–Trinajstić information content (AvgIpc) is 2.75. The van der Waals surface area contributed by atoms with E-state index in [1.807, 2.05) is 0 Å². The van der Waals surface area contributed by atoms with Crippen molar-refractivity contribution in [2.24, 2.45) is 0 Å². The number of nitrogens with one attached hydrogen (secondary N) is 1. The average molecular weight is 266 g/mol. The Kier molecular flexibility index (Phi) is 3.59. The molecule has 0 aliphatic carbocycles. The molecule has 19 heavy (non-hydrogen) atoms. The number of halogens is 2. The summed E-state index contributed by atoms with van der Waals surface area (Å²) in [5.74, 6) is -1.34. The van der Waals surface area contributed by atoms with Crippen LogP contribution in [-0.4, -0.2) is 11.1 Å². The molecule has 1 heterocycles. The predicted molar refractivity (Wildman–Crippen MR) is 63.5 cm³/mol. The highest BCUT2D eigenvalue weighted by Crippen LogP contribution is 2.18. The first kappa shape index (κ1) is 13.2. The topological polar surface area (TPSA) is 55.1 Å². The number of hydrogen-bond acceptors (Lipinski definition) is 3. The second-order valence-corrected chi connectivity index (χ2v) is 4.18. The van der Waals surface area contributed by atoms with E-state index in [1.165, 1.54) is 12.1 Å². The van der Waals surface area contributed by atoms with Crippen molar-refractivity contribution >= 4 is 5.91 Å². The van der Waals surface area contributed by atoms with Crippen LogP contribution in [0.5, 0.6) is 0 Å². The lowest BCUT2D eigenvalue weighted by Gasteiger charge is -2.14.